The van der Waals surface area contributed by atoms with Gasteiger partial charge in [0.2, 0.25) is 5.82 Å². The van der Waals surface area contributed by atoms with Crippen molar-refractivity contribution in [1.82, 2.24) is 0 Å². The first-order chi connectivity index (χ1) is 15.0. The minimum atomic E-state index is -1.24. The summed E-state index contributed by atoms with van der Waals surface area (Å²) in [6.07, 6.45) is 8.44. The van der Waals surface area contributed by atoms with Crippen molar-refractivity contribution in [3.8, 4) is 11.5 Å². The smallest absolute Gasteiger partial charge is 0.346 e. The van der Waals surface area contributed by atoms with Crippen molar-refractivity contribution in [3.63, 3.8) is 0 Å². The van der Waals surface area contributed by atoms with E-state index in [0.717, 1.165) is 51.0 Å². The van der Waals surface area contributed by atoms with Gasteiger partial charge in [-0.05, 0) is 43.0 Å². The van der Waals surface area contributed by atoms with Crippen molar-refractivity contribution in [2.45, 2.75) is 71.6 Å². The minimum Gasteiger partial charge on any atom is -0.493 e. The summed E-state index contributed by atoms with van der Waals surface area (Å²) in [7, 11) is 0. The molecule has 0 amide bonds. The van der Waals surface area contributed by atoms with E-state index in [1.54, 1.807) is 0 Å². The Morgan fingerprint density at radius 1 is 0.839 bits per heavy atom. The standard InChI is InChI=1S/C25H31F3O3/c1-3-5-7-8-9-10-11-18-12-15-22(24(28)23(18)27)31-25(29)20-14-13-19(17-21(20)26)30-16-6-4-2/h12-15,17H,3-11,16H2,1-2H3. The molecule has 0 spiro atoms. The average Bonchev–Trinajstić information content (AvgIpc) is 2.75. The van der Waals surface area contributed by atoms with E-state index in [1.807, 2.05) is 6.92 Å². The summed E-state index contributed by atoms with van der Waals surface area (Å²) in [5, 5.41) is 0. The third-order valence-electron chi connectivity index (χ3n) is 5.06. The van der Waals surface area contributed by atoms with Crippen LogP contribution in [0.25, 0.3) is 0 Å². The monoisotopic (exact) mass is 436 g/mol. The molecule has 0 unspecified atom stereocenters. The van der Waals surface area contributed by atoms with Crippen LogP contribution in [0.1, 0.15) is 81.1 Å². The number of carbonyl (C=O) groups excluding carboxylic acids is 1. The molecule has 0 aliphatic heterocycles. The fraction of sp³-hybridized carbons (Fsp3) is 0.480. The zero-order chi connectivity index (χ0) is 22.6. The number of esters is 1. The first-order valence-corrected chi connectivity index (χ1v) is 11.1. The minimum absolute atomic E-state index is 0.243. The second kappa shape index (κ2) is 13.0. The Hall–Kier alpha value is -2.50. The highest BCUT2D eigenvalue weighted by atomic mass is 19.2. The second-order valence-corrected chi connectivity index (χ2v) is 7.60. The Kier molecular flexibility index (Phi) is 10.4. The Balaban J connectivity index is 1.97. The van der Waals surface area contributed by atoms with Gasteiger partial charge in [-0.15, -0.1) is 0 Å². The van der Waals surface area contributed by atoms with E-state index in [-0.39, 0.29) is 11.1 Å². The van der Waals surface area contributed by atoms with Crippen molar-refractivity contribution < 1.29 is 27.4 Å². The highest BCUT2D eigenvalue weighted by Gasteiger charge is 2.20. The summed E-state index contributed by atoms with van der Waals surface area (Å²) in [6, 6.07) is 6.35. The van der Waals surface area contributed by atoms with Crippen LogP contribution in [0.2, 0.25) is 0 Å². The fourth-order valence-electron chi connectivity index (χ4n) is 3.18. The van der Waals surface area contributed by atoms with Crippen LogP contribution < -0.4 is 9.47 Å². The number of hydrogen-bond donors (Lipinski definition) is 0. The molecule has 0 aliphatic rings. The van der Waals surface area contributed by atoms with E-state index < -0.39 is 29.2 Å². The molecule has 2 aromatic rings. The molecule has 2 rings (SSSR count). The lowest BCUT2D eigenvalue weighted by Gasteiger charge is -2.11. The number of hydrogen-bond acceptors (Lipinski definition) is 3. The maximum absolute atomic E-state index is 14.4. The number of aryl methyl sites for hydroxylation is 1. The van der Waals surface area contributed by atoms with E-state index in [1.165, 1.54) is 30.7 Å². The number of carbonyl (C=O) groups is 1. The molecular formula is C25H31F3O3. The van der Waals surface area contributed by atoms with E-state index >= 15 is 0 Å². The molecule has 2 aromatic carbocycles. The second-order valence-electron chi connectivity index (χ2n) is 7.60. The first kappa shape index (κ1) is 24.8. The zero-order valence-electron chi connectivity index (χ0n) is 18.3. The van der Waals surface area contributed by atoms with Crippen LogP contribution in [-0.4, -0.2) is 12.6 Å². The average molecular weight is 437 g/mol. The molecule has 31 heavy (non-hydrogen) atoms. The van der Waals surface area contributed by atoms with Crippen molar-refractivity contribution in [1.29, 1.82) is 0 Å². The van der Waals surface area contributed by atoms with Gasteiger partial charge in [-0.25, -0.2) is 13.6 Å². The summed E-state index contributed by atoms with van der Waals surface area (Å²) in [5.74, 6) is -4.48. The molecule has 0 atom stereocenters. The number of benzene rings is 2. The molecule has 0 saturated heterocycles. The molecule has 0 aromatic heterocycles. The molecule has 0 saturated carbocycles. The van der Waals surface area contributed by atoms with Gasteiger partial charge in [0, 0.05) is 6.07 Å². The lowest BCUT2D eigenvalue weighted by molar-refractivity contribution is 0.0721. The topological polar surface area (TPSA) is 35.5 Å². The molecule has 3 nitrogen and oxygen atoms in total. The molecule has 0 heterocycles. The summed E-state index contributed by atoms with van der Waals surface area (Å²) in [6.45, 7) is 4.58. The van der Waals surface area contributed by atoms with Gasteiger partial charge < -0.3 is 9.47 Å². The summed E-state index contributed by atoms with van der Waals surface area (Å²) in [4.78, 5) is 12.3. The predicted octanol–water partition coefficient (Wildman–Crippen LogP) is 7.41. The Morgan fingerprint density at radius 3 is 2.26 bits per heavy atom. The van der Waals surface area contributed by atoms with E-state index in [2.05, 4.69) is 6.92 Å². The molecule has 6 heteroatoms. The maximum atomic E-state index is 14.4. The van der Waals surface area contributed by atoms with Crippen molar-refractivity contribution in [2.24, 2.45) is 0 Å². The van der Waals surface area contributed by atoms with Crippen LogP contribution in [-0.2, 0) is 6.42 Å². The van der Waals surface area contributed by atoms with Gasteiger partial charge in [0.15, 0.2) is 11.6 Å². The van der Waals surface area contributed by atoms with Gasteiger partial charge in [0.1, 0.15) is 11.6 Å². The maximum Gasteiger partial charge on any atom is 0.346 e. The Morgan fingerprint density at radius 2 is 1.55 bits per heavy atom. The Bertz CT molecular complexity index is 852. The highest BCUT2D eigenvalue weighted by molar-refractivity contribution is 5.91. The molecule has 0 aliphatic carbocycles. The lowest BCUT2D eigenvalue weighted by atomic mass is 10.0. The number of ether oxygens (including phenoxy) is 2. The lowest BCUT2D eigenvalue weighted by Crippen LogP contribution is -2.13. The highest BCUT2D eigenvalue weighted by Crippen LogP contribution is 2.26. The molecule has 0 radical (unpaired) electrons. The Labute approximate surface area is 182 Å². The van der Waals surface area contributed by atoms with Gasteiger partial charge in [-0.2, -0.15) is 4.39 Å². The van der Waals surface area contributed by atoms with Gasteiger partial charge in [-0.3, -0.25) is 0 Å². The van der Waals surface area contributed by atoms with Crippen LogP contribution in [0.15, 0.2) is 30.3 Å². The number of rotatable bonds is 13. The first-order valence-electron chi connectivity index (χ1n) is 11.1. The van der Waals surface area contributed by atoms with Crippen LogP contribution in [0.5, 0.6) is 11.5 Å². The summed E-state index contributed by atoms with van der Waals surface area (Å²) < 4.78 is 53.3. The molecule has 170 valence electrons. The van der Waals surface area contributed by atoms with E-state index in [9.17, 15) is 18.0 Å². The third-order valence-corrected chi connectivity index (χ3v) is 5.06. The van der Waals surface area contributed by atoms with Crippen molar-refractivity contribution >= 4 is 5.97 Å². The van der Waals surface area contributed by atoms with Crippen molar-refractivity contribution in [2.75, 3.05) is 6.61 Å². The quantitative estimate of drug-likeness (QED) is 0.186. The van der Waals surface area contributed by atoms with Crippen LogP contribution in [0.4, 0.5) is 13.2 Å². The van der Waals surface area contributed by atoms with Gasteiger partial charge in [0.25, 0.3) is 0 Å². The van der Waals surface area contributed by atoms with Crippen LogP contribution in [0, 0.1) is 17.5 Å². The third kappa shape index (κ3) is 7.60. The van der Waals surface area contributed by atoms with Crippen LogP contribution in [0.3, 0.4) is 0 Å². The van der Waals surface area contributed by atoms with Crippen LogP contribution >= 0.6 is 0 Å². The molecular weight excluding hydrogens is 405 g/mol. The largest absolute Gasteiger partial charge is 0.493 e. The molecule has 0 bridgehead atoms. The summed E-state index contributed by atoms with van der Waals surface area (Å²) in [5.41, 5.74) is -0.133. The van der Waals surface area contributed by atoms with Gasteiger partial charge in [0.05, 0.1) is 12.2 Å². The number of unbranched alkanes of at least 4 members (excludes halogenated alkanes) is 6. The normalized spacial score (nSPS) is 10.9. The van der Waals surface area contributed by atoms with E-state index in [4.69, 9.17) is 9.47 Å². The summed E-state index contributed by atoms with van der Waals surface area (Å²) >= 11 is 0. The van der Waals surface area contributed by atoms with Gasteiger partial charge >= 0.3 is 5.97 Å². The van der Waals surface area contributed by atoms with E-state index in [0.29, 0.717) is 18.8 Å². The van der Waals surface area contributed by atoms with Gasteiger partial charge in [-0.1, -0.05) is 58.4 Å². The number of halogens is 3. The molecule has 0 N–H and O–H groups in total. The zero-order valence-corrected chi connectivity index (χ0v) is 18.3. The fourth-order valence-corrected chi connectivity index (χ4v) is 3.18. The van der Waals surface area contributed by atoms with Crippen molar-refractivity contribution in [3.05, 3.63) is 58.9 Å². The SMILES string of the molecule is CCCCCCCCc1ccc(OC(=O)c2ccc(OCCCC)cc2F)c(F)c1F. The molecule has 0 fully saturated rings. The predicted molar refractivity (Wildman–Crippen MR) is 115 cm³/mol.